The van der Waals surface area contributed by atoms with Crippen molar-refractivity contribution in [3.63, 3.8) is 0 Å². The van der Waals surface area contributed by atoms with E-state index in [0.717, 1.165) is 38.5 Å². The first-order valence-electron chi connectivity index (χ1n) is 23.8. The molecule has 0 bridgehead atoms. The zero-order chi connectivity index (χ0) is 42.0. The summed E-state index contributed by atoms with van der Waals surface area (Å²) in [6, 6.07) is 0. The van der Waals surface area contributed by atoms with Crippen LogP contribution >= 0.6 is 7.82 Å². The van der Waals surface area contributed by atoms with Crippen LogP contribution in [0.4, 0.5) is 0 Å². The summed E-state index contributed by atoms with van der Waals surface area (Å²) in [5.41, 5.74) is 0. The lowest BCUT2D eigenvalue weighted by Crippen LogP contribution is -2.37. The van der Waals surface area contributed by atoms with Gasteiger partial charge in [-0.15, -0.1) is 0 Å². The predicted molar refractivity (Wildman–Crippen MR) is 240 cm³/mol. The molecule has 9 heteroatoms. The summed E-state index contributed by atoms with van der Waals surface area (Å²) < 4.78 is 34.4. The minimum Gasteiger partial charge on any atom is -0.756 e. The number of quaternary nitrogens is 1. The molecule has 0 heterocycles. The maximum absolute atomic E-state index is 12.7. The molecule has 8 nitrogen and oxygen atoms in total. The van der Waals surface area contributed by atoms with Gasteiger partial charge < -0.3 is 27.9 Å². The van der Waals surface area contributed by atoms with Crippen molar-refractivity contribution in [2.75, 3.05) is 47.5 Å². The van der Waals surface area contributed by atoms with E-state index in [1.54, 1.807) is 6.26 Å². The van der Waals surface area contributed by atoms with Gasteiger partial charge in [0.1, 0.15) is 19.8 Å². The number of unbranched alkanes of at least 4 members (excludes halogenated alkanes) is 26. The molecule has 2 atom stereocenters. The number of hydrogen-bond acceptors (Lipinski definition) is 7. The van der Waals surface area contributed by atoms with E-state index in [4.69, 9.17) is 18.5 Å². The van der Waals surface area contributed by atoms with Gasteiger partial charge in [0.25, 0.3) is 7.82 Å². The van der Waals surface area contributed by atoms with Crippen molar-refractivity contribution in [1.29, 1.82) is 0 Å². The molecule has 0 radical (unpaired) electrons. The Morgan fingerprint density at radius 2 is 0.982 bits per heavy atom. The Kier molecular flexibility index (Phi) is 40.3. The molecule has 0 aromatic rings. The molecule has 0 rings (SSSR count). The third kappa shape index (κ3) is 45.5. The monoisotopic (exact) mass is 826 g/mol. The summed E-state index contributed by atoms with van der Waals surface area (Å²) in [5, 5.41) is 0. The van der Waals surface area contributed by atoms with Crippen molar-refractivity contribution in [3.8, 4) is 0 Å². The molecule has 0 fully saturated rings. The number of rotatable bonds is 44. The zero-order valence-corrected chi connectivity index (χ0v) is 38.9. The highest BCUT2D eigenvalue weighted by molar-refractivity contribution is 7.45. The van der Waals surface area contributed by atoms with Crippen molar-refractivity contribution >= 4 is 13.8 Å². The molecule has 0 aromatic heterocycles. The lowest BCUT2D eigenvalue weighted by molar-refractivity contribution is -0.870. The number of carbonyl (C=O) groups excluding carboxylic acids is 1. The molecule has 0 aliphatic heterocycles. The summed E-state index contributed by atoms with van der Waals surface area (Å²) >= 11 is 0. The van der Waals surface area contributed by atoms with Crippen molar-refractivity contribution in [3.05, 3.63) is 36.6 Å². The van der Waals surface area contributed by atoms with Gasteiger partial charge in [-0.25, -0.2) is 0 Å². The fourth-order valence-corrected chi connectivity index (χ4v) is 7.27. The van der Waals surface area contributed by atoms with Crippen LogP contribution in [0.25, 0.3) is 0 Å². The van der Waals surface area contributed by atoms with Crippen LogP contribution in [-0.2, 0) is 27.9 Å². The number of allylic oxidation sites excluding steroid dienone is 5. The molecule has 336 valence electrons. The van der Waals surface area contributed by atoms with Gasteiger partial charge in [-0.05, 0) is 57.4 Å². The molecule has 0 aliphatic carbocycles. The van der Waals surface area contributed by atoms with E-state index >= 15 is 0 Å². The van der Waals surface area contributed by atoms with Gasteiger partial charge in [0.15, 0.2) is 6.10 Å². The first kappa shape index (κ1) is 55.6. The second-order valence-electron chi connectivity index (χ2n) is 17.2. The van der Waals surface area contributed by atoms with Crippen molar-refractivity contribution in [1.82, 2.24) is 0 Å². The third-order valence-electron chi connectivity index (χ3n) is 10.3. The van der Waals surface area contributed by atoms with Crippen LogP contribution in [0, 0.1) is 0 Å². The number of phosphoric acid groups is 1. The molecular weight excluding hydrogens is 734 g/mol. The summed E-state index contributed by atoms with van der Waals surface area (Å²) in [6.07, 6.45) is 49.6. The maximum Gasteiger partial charge on any atom is 0.306 e. The van der Waals surface area contributed by atoms with Gasteiger partial charge in [-0.3, -0.25) is 9.36 Å². The summed E-state index contributed by atoms with van der Waals surface area (Å²) in [5.74, 6) is -0.359. The van der Waals surface area contributed by atoms with E-state index in [-0.39, 0.29) is 25.8 Å². The zero-order valence-electron chi connectivity index (χ0n) is 38.0. The molecule has 0 saturated heterocycles. The average Bonchev–Trinajstić information content (AvgIpc) is 3.16. The van der Waals surface area contributed by atoms with Crippen molar-refractivity contribution in [2.45, 2.75) is 219 Å². The van der Waals surface area contributed by atoms with Crippen LogP contribution in [0.15, 0.2) is 36.6 Å². The molecule has 1 unspecified atom stereocenters. The van der Waals surface area contributed by atoms with E-state index in [0.29, 0.717) is 17.4 Å². The number of nitrogens with zero attached hydrogens (tertiary/aromatic N) is 1. The highest BCUT2D eigenvalue weighted by Gasteiger charge is 2.20. The van der Waals surface area contributed by atoms with Gasteiger partial charge in [0.05, 0.1) is 34.0 Å². The number of likely N-dealkylation sites (N-methyl/N-ethyl adjacent to an activating group) is 1. The molecule has 0 aromatic carbocycles. The van der Waals surface area contributed by atoms with E-state index in [9.17, 15) is 14.3 Å². The number of esters is 1. The molecule has 0 saturated carbocycles. The van der Waals surface area contributed by atoms with Crippen LogP contribution in [0.3, 0.4) is 0 Å². The minimum atomic E-state index is -4.54. The Labute approximate surface area is 353 Å². The summed E-state index contributed by atoms with van der Waals surface area (Å²) in [7, 11) is 1.33. The number of phosphoric ester groups is 1. The van der Waals surface area contributed by atoms with Gasteiger partial charge >= 0.3 is 5.97 Å². The van der Waals surface area contributed by atoms with E-state index < -0.39 is 13.9 Å². The Balaban J connectivity index is 4.23. The van der Waals surface area contributed by atoms with E-state index in [2.05, 4.69) is 38.2 Å². The Morgan fingerprint density at radius 1 is 0.561 bits per heavy atom. The minimum absolute atomic E-state index is 0.0163. The SMILES string of the molecule is CCCCC/C=C\C/C=C\CCCCCCCCCCCC(=O)O[C@H](CO/C=C\CCCCCCCCCCCCCCCC)COP(=O)([O-])OCC[N+](C)(C)C. The van der Waals surface area contributed by atoms with Gasteiger partial charge in [0, 0.05) is 6.42 Å². The molecule has 57 heavy (non-hydrogen) atoms. The number of ether oxygens (including phenoxy) is 2. The quantitative estimate of drug-likeness (QED) is 0.0151. The molecule has 0 aliphatic rings. The van der Waals surface area contributed by atoms with Crippen LogP contribution in [0.2, 0.25) is 0 Å². The fraction of sp³-hybridized carbons (Fsp3) is 0.854. The normalized spacial score (nSPS) is 13.9. The smallest absolute Gasteiger partial charge is 0.306 e. The lowest BCUT2D eigenvalue weighted by Gasteiger charge is -2.28. The van der Waals surface area contributed by atoms with Gasteiger partial charge in [-0.2, -0.15) is 0 Å². The first-order valence-corrected chi connectivity index (χ1v) is 25.2. The lowest BCUT2D eigenvalue weighted by atomic mass is 10.0. The second kappa shape index (κ2) is 41.3. The van der Waals surface area contributed by atoms with E-state index in [1.165, 1.54) is 154 Å². The fourth-order valence-electron chi connectivity index (χ4n) is 6.54. The summed E-state index contributed by atoms with van der Waals surface area (Å²) in [6.45, 7) is 4.73. The second-order valence-corrected chi connectivity index (χ2v) is 18.6. The topological polar surface area (TPSA) is 94.1 Å². The maximum atomic E-state index is 12.7. The third-order valence-corrected chi connectivity index (χ3v) is 11.2. The number of hydrogen-bond donors (Lipinski definition) is 0. The Hall–Kier alpha value is -1.44. The van der Waals surface area contributed by atoms with Crippen LogP contribution < -0.4 is 4.89 Å². The molecule has 0 N–H and O–H groups in total. The Bertz CT molecular complexity index is 1010. The highest BCUT2D eigenvalue weighted by Crippen LogP contribution is 2.38. The highest BCUT2D eigenvalue weighted by atomic mass is 31.2. The van der Waals surface area contributed by atoms with Gasteiger partial charge in [-0.1, -0.05) is 179 Å². The number of carbonyl (C=O) groups is 1. The predicted octanol–water partition coefficient (Wildman–Crippen LogP) is 13.9. The average molecular weight is 826 g/mol. The standard InChI is InChI=1S/C48H92NO7P/c1-6-8-10-12-14-16-18-20-22-24-25-26-27-29-31-33-35-37-39-41-48(50)56-47(46-55-57(51,52)54-44-42-49(3,4)5)45-53-43-40-38-36-34-32-30-28-23-21-19-17-15-13-11-9-7-2/h14,16,20,22,40,43,47H,6-13,15,17-19,21,23-39,41-42,44-46H2,1-5H3/b16-14-,22-20-,43-40-/t47-/m1/s1. The van der Waals surface area contributed by atoms with Crippen molar-refractivity contribution in [2.24, 2.45) is 0 Å². The van der Waals surface area contributed by atoms with Gasteiger partial charge in [0.2, 0.25) is 0 Å². The Morgan fingerprint density at radius 3 is 1.47 bits per heavy atom. The van der Waals surface area contributed by atoms with E-state index in [1.807, 2.05) is 27.2 Å². The molecular formula is C48H92NO7P. The summed E-state index contributed by atoms with van der Waals surface area (Å²) in [4.78, 5) is 25.1. The largest absolute Gasteiger partial charge is 0.756 e. The van der Waals surface area contributed by atoms with Crippen LogP contribution in [0.1, 0.15) is 213 Å². The molecule has 0 spiro atoms. The molecule has 0 amide bonds. The van der Waals surface area contributed by atoms with Crippen molar-refractivity contribution < 1.29 is 37.3 Å². The van der Waals surface area contributed by atoms with Crippen LogP contribution in [0.5, 0.6) is 0 Å². The van der Waals surface area contributed by atoms with Crippen LogP contribution in [-0.4, -0.2) is 64.1 Å². The first-order chi connectivity index (χ1) is 27.6.